The molecule has 0 aliphatic carbocycles. The number of amides is 2. The average molecular weight is 387 g/mol. The summed E-state index contributed by atoms with van der Waals surface area (Å²) in [6.45, 7) is 0.431. The van der Waals surface area contributed by atoms with Crippen LogP contribution in [0.1, 0.15) is 6.92 Å². The minimum atomic E-state index is -1.73. The Morgan fingerprint density at radius 1 is 1.15 bits per heavy atom. The molecule has 0 heterocycles. The zero-order chi connectivity index (χ0) is 19.4. The fourth-order valence-electron chi connectivity index (χ4n) is 2.20. The van der Waals surface area contributed by atoms with Crippen LogP contribution in [-0.4, -0.2) is 25.5 Å². The Morgan fingerprint density at radius 2 is 1.85 bits per heavy atom. The maximum Gasteiger partial charge on any atom is 0.244 e. The van der Waals surface area contributed by atoms with Gasteiger partial charge >= 0.3 is 0 Å². The highest BCUT2D eigenvalue weighted by Gasteiger charge is 2.23. The van der Waals surface area contributed by atoms with E-state index in [-0.39, 0.29) is 5.69 Å². The summed E-state index contributed by atoms with van der Waals surface area (Å²) in [5, 5.41) is 2.80. The lowest BCUT2D eigenvalue weighted by Crippen LogP contribution is -2.37. The molecule has 2 rings (SSSR count). The zero-order valence-electron chi connectivity index (χ0n) is 13.8. The molecule has 138 valence electrons. The SMILES string of the molecule is COc1ccc(Cl)cc1NC(=O)CN(C(C)=O)c1ccc(F)c(F)c1F. The van der Waals surface area contributed by atoms with Gasteiger partial charge in [-0.15, -0.1) is 0 Å². The maximum atomic E-state index is 13.9. The van der Waals surface area contributed by atoms with Gasteiger partial charge in [-0.2, -0.15) is 0 Å². The number of benzene rings is 2. The normalized spacial score (nSPS) is 10.4. The topological polar surface area (TPSA) is 58.6 Å². The summed E-state index contributed by atoms with van der Waals surface area (Å²) in [5.74, 6) is -5.83. The first kappa shape index (κ1) is 19.6. The lowest BCUT2D eigenvalue weighted by Gasteiger charge is -2.21. The predicted molar refractivity (Wildman–Crippen MR) is 91.0 cm³/mol. The smallest absolute Gasteiger partial charge is 0.244 e. The van der Waals surface area contributed by atoms with Gasteiger partial charge in [-0.3, -0.25) is 9.59 Å². The molecule has 0 atom stereocenters. The lowest BCUT2D eigenvalue weighted by molar-refractivity contribution is -0.120. The van der Waals surface area contributed by atoms with E-state index in [0.29, 0.717) is 21.7 Å². The van der Waals surface area contributed by atoms with Crippen molar-refractivity contribution in [2.45, 2.75) is 6.92 Å². The molecule has 2 aromatic carbocycles. The third kappa shape index (κ3) is 4.26. The molecule has 0 spiro atoms. The van der Waals surface area contributed by atoms with Crippen molar-refractivity contribution < 1.29 is 27.5 Å². The van der Waals surface area contributed by atoms with Gasteiger partial charge < -0.3 is 15.0 Å². The van der Waals surface area contributed by atoms with Gasteiger partial charge in [0.05, 0.1) is 18.5 Å². The Bertz CT molecular complexity index is 861. The van der Waals surface area contributed by atoms with Crippen LogP contribution in [0.15, 0.2) is 30.3 Å². The average Bonchev–Trinajstić information content (AvgIpc) is 2.58. The summed E-state index contributed by atoms with van der Waals surface area (Å²) < 4.78 is 45.5. The number of nitrogens with one attached hydrogen (secondary N) is 1. The summed E-state index contributed by atoms with van der Waals surface area (Å²) in [4.78, 5) is 24.7. The molecule has 9 heteroatoms. The summed E-state index contributed by atoms with van der Waals surface area (Å²) >= 11 is 5.86. The van der Waals surface area contributed by atoms with E-state index in [1.165, 1.54) is 19.2 Å². The number of anilines is 2. The molecular weight excluding hydrogens is 373 g/mol. The van der Waals surface area contributed by atoms with Gasteiger partial charge in [0.1, 0.15) is 12.3 Å². The standard InChI is InChI=1S/C17H14ClF3N2O3/c1-9(24)23(13-5-4-11(19)16(20)17(13)21)8-15(25)22-12-7-10(18)3-6-14(12)26-2/h3-7H,8H2,1-2H3,(H,22,25). The number of hydrogen-bond donors (Lipinski definition) is 1. The molecule has 2 aromatic rings. The quantitative estimate of drug-likeness (QED) is 0.796. The first-order chi connectivity index (χ1) is 12.2. The van der Waals surface area contributed by atoms with Gasteiger partial charge in [-0.05, 0) is 30.3 Å². The second-order valence-electron chi connectivity index (χ2n) is 5.19. The van der Waals surface area contributed by atoms with Gasteiger partial charge in [0.2, 0.25) is 11.8 Å². The van der Waals surface area contributed by atoms with Crippen LogP contribution >= 0.6 is 11.6 Å². The maximum absolute atomic E-state index is 13.9. The summed E-state index contributed by atoms with van der Waals surface area (Å²) in [6.07, 6.45) is 0. The Balaban J connectivity index is 2.26. The molecule has 2 amide bonds. The van der Waals surface area contributed by atoms with E-state index in [1.807, 2.05) is 0 Å². The molecule has 0 saturated carbocycles. The van der Waals surface area contributed by atoms with E-state index in [1.54, 1.807) is 6.07 Å². The number of halogens is 4. The van der Waals surface area contributed by atoms with E-state index in [9.17, 15) is 22.8 Å². The van der Waals surface area contributed by atoms with E-state index in [4.69, 9.17) is 16.3 Å². The molecule has 26 heavy (non-hydrogen) atoms. The van der Waals surface area contributed by atoms with Crippen molar-refractivity contribution in [3.63, 3.8) is 0 Å². The van der Waals surface area contributed by atoms with Crippen molar-refractivity contribution in [1.82, 2.24) is 0 Å². The number of rotatable bonds is 5. The molecule has 5 nitrogen and oxygen atoms in total. The van der Waals surface area contributed by atoms with Crippen LogP contribution < -0.4 is 15.0 Å². The largest absolute Gasteiger partial charge is 0.495 e. The highest BCUT2D eigenvalue weighted by atomic mass is 35.5. The van der Waals surface area contributed by atoms with Crippen LogP contribution in [0, 0.1) is 17.5 Å². The number of hydrogen-bond acceptors (Lipinski definition) is 3. The molecule has 0 unspecified atom stereocenters. The first-order valence-electron chi connectivity index (χ1n) is 7.29. The van der Waals surface area contributed by atoms with E-state index < -0.39 is 41.5 Å². The second kappa shape index (κ2) is 8.09. The number of ether oxygens (including phenoxy) is 1. The fourth-order valence-corrected chi connectivity index (χ4v) is 2.37. The zero-order valence-corrected chi connectivity index (χ0v) is 14.5. The number of methoxy groups -OCH3 is 1. The highest BCUT2D eigenvalue weighted by Crippen LogP contribution is 2.28. The molecule has 0 radical (unpaired) electrons. The molecule has 0 aliphatic heterocycles. The van der Waals surface area contributed by atoms with Crippen molar-refractivity contribution in [2.75, 3.05) is 23.9 Å². The summed E-state index contributed by atoms with van der Waals surface area (Å²) in [7, 11) is 1.39. The minimum Gasteiger partial charge on any atom is -0.495 e. The monoisotopic (exact) mass is 386 g/mol. The molecule has 1 N–H and O–H groups in total. The third-order valence-corrected chi connectivity index (χ3v) is 3.66. The number of carbonyl (C=O) groups is 2. The third-order valence-electron chi connectivity index (χ3n) is 3.42. The first-order valence-corrected chi connectivity index (χ1v) is 7.67. The van der Waals surface area contributed by atoms with E-state index >= 15 is 0 Å². The van der Waals surface area contributed by atoms with Crippen LogP contribution in [0.25, 0.3) is 0 Å². The van der Waals surface area contributed by atoms with Crippen LogP contribution in [0.5, 0.6) is 5.75 Å². The van der Waals surface area contributed by atoms with Crippen LogP contribution in [0.2, 0.25) is 5.02 Å². The Hall–Kier alpha value is -2.74. The van der Waals surface area contributed by atoms with Gasteiger partial charge in [0, 0.05) is 11.9 Å². The Kier molecular flexibility index (Phi) is 6.10. The highest BCUT2D eigenvalue weighted by molar-refractivity contribution is 6.31. The van der Waals surface area contributed by atoms with Gasteiger partial charge in [0.15, 0.2) is 17.5 Å². The van der Waals surface area contributed by atoms with E-state index in [0.717, 1.165) is 13.0 Å². The summed E-state index contributed by atoms with van der Waals surface area (Å²) in [6, 6.07) is 6.04. The molecule has 0 aliphatic rings. The van der Waals surface area contributed by atoms with Crippen LogP contribution in [0.3, 0.4) is 0 Å². The van der Waals surface area contributed by atoms with Crippen LogP contribution in [-0.2, 0) is 9.59 Å². The fraction of sp³-hybridized carbons (Fsp3) is 0.176. The lowest BCUT2D eigenvalue weighted by atomic mass is 10.2. The van der Waals surface area contributed by atoms with Crippen molar-refractivity contribution >= 4 is 34.8 Å². The number of nitrogens with zero attached hydrogens (tertiary/aromatic N) is 1. The Morgan fingerprint density at radius 3 is 2.46 bits per heavy atom. The van der Waals surface area contributed by atoms with Crippen molar-refractivity contribution in [2.24, 2.45) is 0 Å². The second-order valence-corrected chi connectivity index (χ2v) is 5.63. The van der Waals surface area contributed by atoms with Crippen molar-refractivity contribution in [3.8, 4) is 5.75 Å². The molecule has 0 fully saturated rings. The van der Waals surface area contributed by atoms with E-state index in [2.05, 4.69) is 5.32 Å². The molecule has 0 aromatic heterocycles. The molecule has 0 saturated heterocycles. The molecular formula is C17H14ClF3N2O3. The predicted octanol–water partition coefficient (Wildman–Crippen LogP) is 3.76. The minimum absolute atomic E-state index is 0.235. The number of carbonyl (C=O) groups excluding carboxylic acids is 2. The Labute approximate surface area is 152 Å². The van der Waals surface area contributed by atoms with Gasteiger partial charge in [-0.1, -0.05) is 11.6 Å². The summed E-state index contributed by atoms with van der Waals surface area (Å²) in [5.41, 5.74) is -0.316. The van der Waals surface area contributed by atoms with Gasteiger partial charge in [0.25, 0.3) is 0 Å². The molecule has 0 bridgehead atoms. The van der Waals surface area contributed by atoms with Gasteiger partial charge in [-0.25, -0.2) is 13.2 Å². The van der Waals surface area contributed by atoms with Crippen molar-refractivity contribution in [3.05, 3.63) is 52.8 Å². The van der Waals surface area contributed by atoms with Crippen LogP contribution in [0.4, 0.5) is 24.5 Å². The van der Waals surface area contributed by atoms with Crippen molar-refractivity contribution in [1.29, 1.82) is 0 Å².